The Hall–Kier alpha value is -1.92. The fraction of sp³-hybridized carbons (Fsp3) is 0.850. The lowest BCUT2D eigenvalue weighted by molar-refractivity contribution is -0.164. The fourth-order valence-electron chi connectivity index (χ4n) is 2.79. The number of unbranched alkanes of at least 4 members (excludes halogenated alkanes) is 1. The number of aliphatic hydroxyl groups is 1. The van der Waals surface area contributed by atoms with E-state index in [0.29, 0.717) is 6.42 Å². The average Bonchev–Trinajstić information content (AvgIpc) is 2.67. The van der Waals surface area contributed by atoms with Gasteiger partial charge in [0.05, 0.1) is 12.4 Å². The summed E-state index contributed by atoms with van der Waals surface area (Å²) in [5.41, 5.74) is -1.67. The van der Waals surface area contributed by atoms with Crippen LogP contribution in [0.25, 0.3) is 0 Å². The van der Waals surface area contributed by atoms with Crippen LogP contribution in [0.1, 0.15) is 60.8 Å². The standard InChI is InChI=1S/C20H37NO10S/c1-7-8-11-29-19(26)30-15(13(2)3)17(20(5,6)16(23)18(24)25)31-32(27,28)12-9-10-21-14(4)22/h13,15-17,23H,7-12H2,1-6H3,(H,21,22)(H,24,25)/t15?,16-,17?/m0/s1. The summed E-state index contributed by atoms with van der Waals surface area (Å²) in [4.78, 5) is 34.5. The number of hydrogen-bond donors (Lipinski definition) is 3. The van der Waals surface area contributed by atoms with E-state index >= 15 is 0 Å². The van der Waals surface area contributed by atoms with Gasteiger partial charge in [0.25, 0.3) is 10.1 Å². The molecule has 12 heteroatoms. The number of carboxylic acids is 1. The first-order valence-electron chi connectivity index (χ1n) is 10.5. The maximum absolute atomic E-state index is 12.6. The minimum absolute atomic E-state index is 0.0445. The molecular formula is C20H37NO10S. The van der Waals surface area contributed by atoms with Gasteiger partial charge >= 0.3 is 12.1 Å². The third-order valence-electron chi connectivity index (χ3n) is 4.77. The number of nitrogens with one attached hydrogen (secondary N) is 1. The van der Waals surface area contributed by atoms with Crippen molar-refractivity contribution in [1.82, 2.24) is 5.32 Å². The molecule has 3 N–H and O–H groups in total. The van der Waals surface area contributed by atoms with Gasteiger partial charge in [0.2, 0.25) is 5.91 Å². The van der Waals surface area contributed by atoms with Crippen LogP contribution in [-0.4, -0.2) is 73.9 Å². The Balaban J connectivity index is 5.79. The highest BCUT2D eigenvalue weighted by Gasteiger charge is 2.49. The van der Waals surface area contributed by atoms with Crippen LogP contribution in [0.15, 0.2) is 0 Å². The summed E-state index contributed by atoms with van der Waals surface area (Å²) in [6, 6.07) is 0. The molecule has 0 aromatic rings. The number of carbonyl (C=O) groups is 3. The Bertz CT molecular complexity index is 720. The van der Waals surface area contributed by atoms with E-state index in [1.165, 1.54) is 20.8 Å². The summed E-state index contributed by atoms with van der Waals surface area (Å²) in [7, 11) is -4.24. The fourth-order valence-corrected chi connectivity index (χ4v) is 4.06. The monoisotopic (exact) mass is 483 g/mol. The zero-order valence-electron chi connectivity index (χ0n) is 19.6. The van der Waals surface area contributed by atoms with E-state index in [9.17, 15) is 33.0 Å². The van der Waals surface area contributed by atoms with Crippen LogP contribution in [0.3, 0.4) is 0 Å². The van der Waals surface area contributed by atoms with Gasteiger partial charge in [-0.25, -0.2) is 9.59 Å². The van der Waals surface area contributed by atoms with Crippen LogP contribution in [0, 0.1) is 11.3 Å². The molecule has 1 amide bonds. The van der Waals surface area contributed by atoms with Gasteiger partial charge in [0.15, 0.2) is 6.10 Å². The molecule has 0 heterocycles. The van der Waals surface area contributed by atoms with Crippen molar-refractivity contribution in [3.63, 3.8) is 0 Å². The molecule has 0 aromatic carbocycles. The SMILES string of the molecule is CCCCOC(=O)OC(C(C)C)C(OS(=O)(=O)CCCNC(C)=O)C(C)(C)[C@@H](O)C(=O)O. The molecule has 0 saturated carbocycles. The second kappa shape index (κ2) is 13.6. The third-order valence-corrected chi connectivity index (χ3v) is 6.06. The number of amides is 1. The molecule has 2 unspecified atom stereocenters. The summed E-state index contributed by atoms with van der Waals surface area (Å²) < 4.78 is 40.9. The predicted octanol–water partition coefficient (Wildman–Crippen LogP) is 1.68. The van der Waals surface area contributed by atoms with Crippen molar-refractivity contribution in [1.29, 1.82) is 0 Å². The number of carbonyl (C=O) groups excluding carboxylic acids is 2. The highest BCUT2D eigenvalue weighted by atomic mass is 32.2. The van der Waals surface area contributed by atoms with Gasteiger partial charge in [0.1, 0.15) is 12.2 Å². The van der Waals surface area contributed by atoms with Gasteiger partial charge in [-0.2, -0.15) is 8.42 Å². The zero-order chi connectivity index (χ0) is 25.1. The molecule has 0 fully saturated rings. The van der Waals surface area contributed by atoms with Gasteiger partial charge < -0.3 is 25.0 Å². The van der Waals surface area contributed by atoms with Crippen LogP contribution in [0.2, 0.25) is 0 Å². The normalized spacial score (nSPS) is 15.0. The number of ether oxygens (including phenoxy) is 2. The summed E-state index contributed by atoms with van der Waals surface area (Å²) in [5, 5.41) is 22.0. The number of carboxylic acid groups (broad SMARTS) is 1. The summed E-state index contributed by atoms with van der Waals surface area (Å²) in [6.07, 6.45) is -4.40. The van der Waals surface area contributed by atoms with Gasteiger partial charge in [-0.1, -0.05) is 41.0 Å². The van der Waals surface area contributed by atoms with Gasteiger partial charge in [0, 0.05) is 18.9 Å². The number of rotatable bonds is 15. The van der Waals surface area contributed by atoms with E-state index in [4.69, 9.17) is 13.7 Å². The van der Waals surface area contributed by atoms with Gasteiger partial charge in [-0.15, -0.1) is 0 Å². The molecule has 0 saturated heterocycles. The molecule has 188 valence electrons. The Morgan fingerprint density at radius 1 is 1.12 bits per heavy atom. The second-order valence-electron chi connectivity index (χ2n) is 8.46. The molecule has 0 aliphatic rings. The van der Waals surface area contributed by atoms with Crippen molar-refractivity contribution in [2.45, 2.75) is 79.1 Å². The van der Waals surface area contributed by atoms with Crippen molar-refractivity contribution in [3.8, 4) is 0 Å². The topological polar surface area (TPSA) is 166 Å². The minimum atomic E-state index is -4.24. The molecule has 0 aromatic heterocycles. The van der Waals surface area contributed by atoms with Crippen molar-refractivity contribution < 1.29 is 46.7 Å². The molecule has 0 aliphatic heterocycles. The average molecular weight is 484 g/mol. The Morgan fingerprint density at radius 2 is 1.72 bits per heavy atom. The second-order valence-corrected chi connectivity index (χ2v) is 10.2. The Kier molecular flexibility index (Phi) is 12.8. The predicted molar refractivity (Wildman–Crippen MR) is 115 cm³/mol. The smallest absolute Gasteiger partial charge is 0.479 e. The first-order valence-corrected chi connectivity index (χ1v) is 12.1. The van der Waals surface area contributed by atoms with Crippen molar-refractivity contribution in [2.75, 3.05) is 18.9 Å². The van der Waals surface area contributed by atoms with Crippen LogP contribution >= 0.6 is 0 Å². The van der Waals surface area contributed by atoms with E-state index in [-0.39, 0.29) is 25.5 Å². The van der Waals surface area contributed by atoms with E-state index in [2.05, 4.69) is 5.32 Å². The first-order chi connectivity index (χ1) is 14.7. The number of hydrogen-bond acceptors (Lipinski definition) is 9. The van der Waals surface area contributed by atoms with Crippen LogP contribution in [-0.2, 0) is 33.4 Å². The summed E-state index contributed by atoms with van der Waals surface area (Å²) >= 11 is 0. The van der Waals surface area contributed by atoms with Gasteiger partial charge in [-0.3, -0.25) is 8.98 Å². The van der Waals surface area contributed by atoms with Crippen molar-refractivity contribution in [2.24, 2.45) is 11.3 Å². The molecule has 3 atom stereocenters. The molecule has 11 nitrogen and oxygen atoms in total. The van der Waals surface area contributed by atoms with E-state index < -0.39 is 57.6 Å². The zero-order valence-corrected chi connectivity index (χ0v) is 20.4. The molecule has 32 heavy (non-hydrogen) atoms. The molecule has 0 rings (SSSR count). The number of aliphatic hydroxyl groups excluding tert-OH is 1. The minimum Gasteiger partial charge on any atom is -0.479 e. The maximum atomic E-state index is 12.6. The largest absolute Gasteiger partial charge is 0.508 e. The third kappa shape index (κ3) is 10.6. The number of aliphatic carboxylic acids is 1. The summed E-state index contributed by atoms with van der Waals surface area (Å²) in [6.45, 7) is 9.28. The molecule has 0 spiro atoms. The molecule has 0 radical (unpaired) electrons. The van der Waals surface area contributed by atoms with Gasteiger partial charge in [-0.05, 0) is 18.8 Å². The Morgan fingerprint density at radius 3 is 2.19 bits per heavy atom. The lowest BCUT2D eigenvalue weighted by Gasteiger charge is -2.40. The maximum Gasteiger partial charge on any atom is 0.508 e. The highest BCUT2D eigenvalue weighted by Crippen LogP contribution is 2.35. The van der Waals surface area contributed by atoms with E-state index in [1.54, 1.807) is 13.8 Å². The van der Waals surface area contributed by atoms with Crippen LogP contribution in [0.4, 0.5) is 4.79 Å². The van der Waals surface area contributed by atoms with E-state index in [0.717, 1.165) is 6.42 Å². The lowest BCUT2D eigenvalue weighted by Crippen LogP contribution is -2.54. The summed E-state index contributed by atoms with van der Waals surface area (Å²) in [5.74, 6) is -2.88. The quantitative estimate of drug-likeness (QED) is 0.177. The van der Waals surface area contributed by atoms with E-state index in [1.807, 2.05) is 6.92 Å². The lowest BCUT2D eigenvalue weighted by atomic mass is 9.76. The van der Waals surface area contributed by atoms with Crippen LogP contribution < -0.4 is 5.32 Å². The highest BCUT2D eigenvalue weighted by molar-refractivity contribution is 7.86. The molecule has 0 bridgehead atoms. The van der Waals surface area contributed by atoms with Crippen molar-refractivity contribution in [3.05, 3.63) is 0 Å². The van der Waals surface area contributed by atoms with Crippen molar-refractivity contribution >= 4 is 28.1 Å². The first kappa shape index (κ1) is 30.1. The molecular weight excluding hydrogens is 446 g/mol. The molecule has 0 aliphatic carbocycles. The Labute approximate surface area is 189 Å². The van der Waals surface area contributed by atoms with Crippen LogP contribution in [0.5, 0.6) is 0 Å².